The van der Waals surface area contributed by atoms with Crippen molar-refractivity contribution in [2.45, 2.75) is 40.2 Å². The second kappa shape index (κ2) is 3.35. The zero-order valence-electron chi connectivity index (χ0n) is 9.09. The Balaban J connectivity index is 2.65. The molecule has 1 unspecified atom stereocenters. The summed E-state index contributed by atoms with van der Waals surface area (Å²) in [6.07, 6.45) is 1.31. The summed E-state index contributed by atoms with van der Waals surface area (Å²) in [5.41, 5.74) is 0.488. The second-order valence-electron chi connectivity index (χ2n) is 4.77. The van der Waals surface area contributed by atoms with Crippen molar-refractivity contribution in [3.8, 4) is 0 Å². The number of nitrogens with zero attached hydrogens (tertiary/aromatic N) is 2. The highest BCUT2D eigenvalue weighted by atomic mass is 15.6. The standard InChI is InChI=1S/C10H22N2/c1-6-12-8-10(3,4)7-9(2)11(12)5/h9H,6-8H2,1-5H3. The Labute approximate surface area is 76.5 Å². The third kappa shape index (κ3) is 1.99. The van der Waals surface area contributed by atoms with Crippen molar-refractivity contribution >= 4 is 0 Å². The molecule has 0 aromatic rings. The molecule has 1 rings (SSSR count). The van der Waals surface area contributed by atoms with Gasteiger partial charge in [-0.3, -0.25) is 0 Å². The molecule has 12 heavy (non-hydrogen) atoms. The van der Waals surface area contributed by atoms with Gasteiger partial charge in [0.15, 0.2) is 0 Å². The molecule has 0 spiro atoms. The zero-order chi connectivity index (χ0) is 9.35. The molecule has 0 aromatic heterocycles. The summed E-state index contributed by atoms with van der Waals surface area (Å²) in [6, 6.07) is 0.689. The molecule has 1 aliphatic heterocycles. The highest BCUT2D eigenvalue weighted by molar-refractivity contribution is 4.82. The maximum Gasteiger partial charge on any atom is 0.0220 e. The van der Waals surface area contributed by atoms with E-state index in [4.69, 9.17) is 0 Å². The average molecular weight is 170 g/mol. The molecular weight excluding hydrogens is 148 g/mol. The van der Waals surface area contributed by atoms with Crippen molar-refractivity contribution in [3.63, 3.8) is 0 Å². The van der Waals surface area contributed by atoms with E-state index in [1.54, 1.807) is 0 Å². The van der Waals surface area contributed by atoms with Crippen LogP contribution in [0.15, 0.2) is 0 Å². The molecule has 1 fully saturated rings. The lowest BCUT2D eigenvalue weighted by atomic mass is 9.84. The summed E-state index contributed by atoms with van der Waals surface area (Å²) < 4.78 is 0. The van der Waals surface area contributed by atoms with Crippen molar-refractivity contribution in [1.29, 1.82) is 0 Å². The highest BCUT2D eigenvalue weighted by Crippen LogP contribution is 2.30. The molecule has 0 radical (unpaired) electrons. The Kier molecular flexibility index (Phi) is 2.79. The van der Waals surface area contributed by atoms with Gasteiger partial charge in [0, 0.05) is 26.2 Å². The molecule has 0 aromatic carbocycles. The number of hydrogen-bond acceptors (Lipinski definition) is 2. The molecule has 72 valence electrons. The van der Waals surface area contributed by atoms with Gasteiger partial charge < -0.3 is 0 Å². The quantitative estimate of drug-likeness (QED) is 0.593. The summed E-state index contributed by atoms with van der Waals surface area (Å²) >= 11 is 0. The summed E-state index contributed by atoms with van der Waals surface area (Å²) in [6.45, 7) is 11.6. The lowest BCUT2D eigenvalue weighted by molar-refractivity contribution is -0.102. The molecule has 0 aliphatic carbocycles. The number of rotatable bonds is 1. The first kappa shape index (κ1) is 10.0. The Hall–Kier alpha value is -0.0800. The average Bonchev–Trinajstić information content (AvgIpc) is 1.96. The monoisotopic (exact) mass is 170 g/mol. The minimum atomic E-state index is 0.488. The van der Waals surface area contributed by atoms with Crippen LogP contribution in [0.4, 0.5) is 0 Å². The van der Waals surface area contributed by atoms with Crippen molar-refractivity contribution in [2.75, 3.05) is 20.1 Å². The lowest BCUT2D eigenvalue weighted by Gasteiger charge is -2.47. The fraction of sp³-hybridized carbons (Fsp3) is 1.00. The highest BCUT2D eigenvalue weighted by Gasteiger charge is 2.33. The van der Waals surface area contributed by atoms with Gasteiger partial charge in [-0.25, -0.2) is 10.0 Å². The maximum absolute atomic E-state index is 2.44. The van der Waals surface area contributed by atoms with E-state index in [-0.39, 0.29) is 0 Å². The lowest BCUT2D eigenvalue weighted by Crippen LogP contribution is -2.55. The fourth-order valence-electron chi connectivity index (χ4n) is 2.22. The van der Waals surface area contributed by atoms with Crippen LogP contribution in [0.5, 0.6) is 0 Å². The normalized spacial score (nSPS) is 32.2. The molecule has 0 amide bonds. The molecule has 1 saturated heterocycles. The van der Waals surface area contributed by atoms with Gasteiger partial charge in [-0.05, 0) is 18.8 Å². The predicted octanol–water partition coefficient (Wildman–Crippen LogP) is 1.97. The van der Waals surface area contributed by atoms with Gasteiger partial charge in [-0.15, -0.1) is 0 Å². The molecule has 2 heteroatoms. The van der Waals surface area contributed by atoms with Gasteiger partial charge in [0.1, 0.15) is 0 Å². The topological polar surface area (TPSA) is 6.48 Å². The molecule has 1 aliphatic rings. The van der Waals surface area contributed by atoms with Gasteiger partial charge in [0.25, 0.3) is 0 Å². The third-order valence-electron chi connectivity index (χ3n) is 2.91. The maximum atomic E-state index is 2.44. The first-order valence-electron chi connectivity index (χ1n) is 4.94. The van der Waals surface area contributed by atoms with E-state index in [0.717, 1.165) is 6.54 Å². The van der Waals surface area contributed by atoms with Crippen LogP contribution < -0.4 is 0 Å². The Morgan fingerprint density at radius 2 is 2.00 bits per heavy atom. The first-order chi connectivity index (χ1) is 5.46. The predicted molar refractivity (Wildman–Crippen MR) is 52.9 cm³/mol. The molecule has 2 nitrogen and oxygen atoms in total. The molecule has 0 saturated carbocycles. The molecule has 1 atom stereocenters. The van der Waals surface area contributed by atoms with Gasteiger partial charge in [-0.2, -0.15) is 0 Å². The van der Waals surface area contributed by atoms with Crippen LogP contribution in [0.25, 0.3) is 0 Å². The smallest absolute Gasteiger partial charge is 0.0220 e. The molecule has 1 heterocycles. The first-order valence-corrected chi connectivity index (χ1v) is 4.94. The van der Waals surface area contributed by atoms with E-state index in [1.807, 2.05) is 0 Å². The minimum absolute atomic E-state index is 0.488. The Bertz CT molecular complexity index is 154. The zero-order valence-corrected chi connectivity index (χ0v) is 9.09. The number of hydrogen-bond donors (Lipinski definition) is 0. The van der Waals surface area contributed by atoms with Crippen LogP contribution in [-0.4, -0.2) is 36.2 Å². The fourth-order valence-corrected chi connectivity index (χ4v) is 2.22. The molecule has 0 bridgehead atoms. The number of hydrazine groups is 1. The van der Waals surface area contributed by atoms with Crippen LogP contribution in [0.3, 0.4) is 0 Å². The van der Waals surface area contributed by atoms with E-state index >= 15 is 0 Å². The molecular formula is C10H22N2. The van der Waals surface area contributed by atoms with Gasteiger partial charge >= 0.3 is 0 Å². The summed E-state index contributed by atoms with van der Waals surface area (Å²) in [7, 11) is 2.20. The van der Waals surface area contributed by atoms with Crippen LogP contribution in [0.2, 0.25) is 0 Å². The van der Waals surface area contributed by atoms with Crippen LogP contribution in [0, 0.1) is 5.41 Å². The van der Waals surface area contributed by atoms with Crippen molar-refractivity contribution in [2.24, 2.45) is 5.41 Å². The van der Waals surface area contributed by atoms with Gasteiger partial charge in [-0.1, -0.05) is 20.8 Å². The summed E-state index contributed by atoms with van der Waals surface area (Å²) in [4.78, 5) is 0. The minimum Gasteiger partial charge on any atom is -0.242 e. The third-order valence-corrected chi connectivity index (χ3v) is 2.91. The van der Waals surface area contributed by atoms with Crippen molar-refractivity contribution in [1.82, 2.24) is 10.0 Å². The second-order valence-corrected chi connectivity index (χ2v) is 4.77. The van der Waals surface area contributed by atoms with Gasteiger partial charge in [0.2, 0.25) is 0 Å². The summed E-state index contributed by atoms with van der Waals surface area (Å²) in [5.74, 6) is 0. The summed E-state index contributed by atoms with van der Waals surface area (Å²) in [5, 5.41) is 4.82. The van der Waals surface area contributed by atoms with Crippen LogP contribution in [-0.2, 0) is 0 Å². The Morgan fingerprint density at radius 3 is 2.50 bits per heavy atom. The van der Waals surface area contributed by atoms with E-state index in [2.05, 4.69) is 44.8 Å². The largest absolute Gasteiger partial charge is 0.242 e. The van der Waals surface area contributed by atoms with Crippen LogP contribution >= 0.6 is 0 Å². The van der Waals surface area contributed by atoms with Gasteiger partial charge in [0.05, 0.1) is 0 Å². The van der Waals surface area contributed by atoms with E-state index in [0.29, 0.717) is 11.5 Å². The SMILES string of the molecule is CCN1CC(C)(C)CC(C)N1C. The van der Waals surface area contributed by atoms with E-state index in [9.17, 15) is 0 Å². The van der Waals surface area contributed by atoms with E-state index < -0.39 is 0 Å². The van der Waals surface area contributed by atoms with Crippen LogP contribution in [0.1, 0.15) is 34.1 Å². The van der Waals surface area contributed by atoms with Crippen molar-refractivity contribution < 1.29 is 0 Å². The molecule has 0 N–H and O–H groups in total. The van der Waals surface area contributed by atoms with E-state index in [1.165, 1.54) is 13.0 Å². The Morgan fingerprint density at radius 1 is 1.42 bits per heavy atom. The van der Waals surface area contributed by atoms with Crippen molar-refractivity contribution in [3.05, 3.63) is 0 Å².